The number of thiophene rings is 1. The summed E-state index contributed by atoms with van der Waals surface area (Å²) < 4.78 is 0. The van der Waals surface area contributed by atoms with Gasteiger partial charge in [-0.3, -0.25) is 14.9 Å². The molecule has 0 aliphatic carbocycles. The molecule has 1 atom stereocenters. The highest BCUT2D eigenvalue weighted by atomic mass is 32.1. The number of aromatic hydroxyl groups is 1. The van der Waals surface area contributed by atoms with Crippen LogP contribution < -0.4 is 5.32 Å². The third-order valence-electron chi connectivity index (χ3n) is 4.64. The molecule has 1 aromatic heterocycles. The largest absolute Gasteiger partial charge is 0.508 e. The number of carbonyl (C=O) groups excluding carboxylic acids is 1. The summed E-state index contributed by atoms with van der Waals surface area (Å²) in [5.74, 6) is -0.376. The van der Waals surface area contributed by atoms with Crippen molar-refractivity contribution in [2.45, 2.75) is 6.04 Å². The fraction of sp³-hybridized carbons (Fsp3) is 0.0455. The highest BCUT2D eigenvalue weighted by Gasteiger charge is 2.24. The van der Waals surface area contributed by atoms with Crippen LogP contribution in [0.3, 0.4) is 0 Å². The summed E-state index contributed by atoms with van der Waals surface area (Å²) in [6.45, 7) is 0. The van der Waals surface area contributed by atoms with E-state index in [4.69, 9.17) is 0 Å². The zero-order valence-electron chi connectivity index (χ0n) is 15.1. The van der Waals surface area contributed by atoms with Crippen LogP contribution in [0, 0.1) is 10.1 Å². The summed E-state index contributed by atoms with van der Waals surface area (Å²) in [7, 11) is 0. The third kappa shape index (κ3) is 3.68. The lowest BCUT2D eigenvalue weighted by Gasteiger charge is -2.22. The molecule has 0 bridgehead atoms. The van der Waals surface area contributed by atoms with Gasteiger partial charge in [-0.2, -0.15) is 0 Å². The van der Waals surface area contributed by atoms with Crippen LogP contribution in [0.15, 0.2) is 78.9 Å². The number of carbonyl (C=O) groups is 1. The van der Waals surface area contributed by atoms with E-state index in [-0.39, 0.29) is 15.6 Å². The monoisotopic (exact) mass is 404 g/mol. The van der Waals surface area contributed by atoms with Gasteiger partial charge in [0.05, 0.1) is 15.8 Å². The second-order valence-corrected chi connectivity index (χ2v) is 7.49. The summed E-state index contributed by atoms with van der Waals surface area (Å²) in [5, 5.41) is 26.2. The van der Waals surface area contributed by atoms with Crippen LogP contribution in [0.5, 0.6) is 5.75 Å². The standard InChI is InChI=1S/C22H16N2O4S/c25-17-11-10-14-6-4-5-9-16(14)20(17)21(15-7-2-1-3-8-15)23-22(26)18-12-13-19(29-18)24(27)28/h1-13,21,25H,(H,23,26). The van der Waals surface area contributed by atoms with Crippen LogP contribution in [-0.4, -0.2) is 15.9 Å². The van der Waals surface area contributed by atoms with Crippen molar-refractivity contribution in [1.29, 1.82) is 0 Å². The van der Waals surface area contributed by atoms with Gasteiger partial charge in [-0.1, -0.05) is 72.0 Å². The van der Waals surface area contributed by atoms with E-state index in [0.717, 1.165) is 27.7 Å². The molecular weight excluding hydrogens is 388 g/mol. The molecule has 29 heavy (non-hydrogen) atoms. The first kappa shape index (κ1) is 18.6. The summed E-state index contributed by atoms with van der Waals surface area (Å²) in [6, 6.07) is 22.5. The minimum Gasteiger partial charge on any atom is -0.508 e. The Kier molecular flexibility index (Phi) is 4.97. The van der Waals surface area contributed by atoms with E-state index in [1.54, 1.807) is 6.07 Å². The van der Waals surface area contributed by atoms with Crippen LogP contribution >= 0.6 is 11.3 Å². The Morgan fingerprint density at radius 1 is 0.966 bits per heavy atom. The van der Waals surface area contributed by atoms with Crippen LogP contribution in [0.1, 0.15) is 26.8 Å². The zero-order chi connectivity index (χ0) is 20.4. The molecule has 0 saturated heterocycles. The quantitative estimate of drug-likeness (QED) is 0.360. The van der Waals surface area contributed by atoms with Gasteiger partial charge in [0.25, 0.3) is 5.91 Å². The van der Waals surface area contributed by atoms with Crippen LogP contribution in [0.2, 0.25) is 0 Å². The fourth-order valence-corrected chi connectivity index (χ4v) is 4.03. The SMILES string of the molecule is O=C(NC(c1ccccc1)c1c(O)ccc2ccccc12)c1ccc([N+](=O)[O-])s1. The van der Waals surface area contributed by atoms with Crippen molar-refractivity contribution < 1.29 is 14.8 Å². The Labute approximate surface area is 170 Å². The lowest BCUT2D eigenvalue weighted by molar-refractivity contribution is -0.380. The van der Waals surface area contributed by atoms with Crippen LogP contribution in [0.25, 0.3) is 10.8 Å². The van der Waals surface area contributed by atoms with E-state index in [1.807, 2.05) is 60.7 Å². The summed E-state index contributed by atoms with van der Waals surface area (Å²) >= 11 is 0.816. The Bertz CT molecular complexity index is 1200. The van der Waals surface area contributed by atoms with E-state index >= 15 is 0 Å². The highest BCUT2D eigenvalue weighted by Crippen LogP contribution is 2.36. The molecule has 1 unspecified atom stereocenters. The first-order valence-electron chi connectivity index (χ1n) is 8.85. The zero-order valence-corrected chi connectivity index (χ0v) is 15.9. The summed E-state index contributed by atoms with van der Waals surface area (Å²) in [5.41, 5.74) is 1.37. The summed E-state index contributed by atoms with van der Waals surface area (Å²) in [6.07, 6.45) is 0. The number of nitrogens with one attached hydrogen (secondary N) is 1. The Morgan fingerprint density at radius 2 is 1.69 bits per heavy atom. The highest BCUT2D eigenvalue weighted by molar-refractivity contribution is 7.17. The number of nitrogens with zero attached hydrogens (tertiary/aromatic N) is 1. The first-order chi connectivity index (χ1) is 14.0. The molecule has 2 N–H and O–H groups in total. The van der Waals surface area contributed by atoms with Gasteiger partial charge in [0.15, 0.2) is 0 Å². The minimum absolute atomic E-state index is 0.0648. The Hall–Kier alpha value is -3.71. The van der Waals surface area contributed by atoms with Crippen molar-refractivity contribution in [1.82, 2.24) is 5.32 Å². The molecule has 144 valence electrons. The molecule has 0 fully saturated rings. The smallest absolute Gasteiger partial charge is 0.324 e. The van der Waals surface area contributed by atoms with Crippen LogP contribution in [0.4, 0.5) is 5.00 Å². The van der Waals surface area contributed by atoms with E-state index in [0.29, 0.717) is 5.56 Å². The van der Waals surface area contributed by atoms with Crippen molar-refractivity contribution in [3.63, 3.8) is 0 Å². The van der Waals surface area contributed by atoms with E-state index < -0.39 is 16.9 Å². The van der Waals surface area contributed by atoms with Gasteiger partial charge in [0, 0.05) is 11.6 Å². The molecule has 1 amide bonds. The number of phenols is 1. The number of fused-ring (bicyclic) bond motifs is 1. The lowest BCUT2D eigenvalue weighted by Crippen LogP contribution is -2.29. The maximum absolute atomic E-state index is 12.9. The number of hydrogen-bond acceptors (Lipinski definition) is 5. The molecule has 0 saturated carbocycles. The lowest BCUT2D eigenvalue weighted by atomic mass is 9.92. The van der Waals surface area contributed by atoms with Gasteiger partial charge < -0.3 is 10.4 Å². The molecule has 0 spiro atoms. The second kappa shape index (κ2) is 7.73. The predicted octanol–water partition coefficient (Wildman–Crippen LogP) is 5.03. The number of amides is 1. The van der Waals surface area contributed by atoms with Crippen molar-refractivity contribution in [3.8, 4) is 5.75 Å². The number of rotatable bonds is 5. The van der Waals surface area contributed by atoms with Gasteiger partial charge in [-0.05, 0) is 28.5 Å². The first-order valence-corrected chi connectivity index (χ1v) is 9.67. The van der Waals surface area contributed by atoms with Crippen molar-refractivity contribution in [2.24, 2.45) is 0 Å². The molecule has 6 nitrogen and oxygen atoms in total. The maximum Gasteiger partial charge on any atom is 0.324 e. The average molecular weight is 404 g/mol. The van der Waals surface area contributed by atoms with Crippen molar-refractivity contribution in [2.75, 3.05) is 0 Å². The Balaban J connectivity index is 1.81. The normalized spacial score (nSPS) is 11.9. The summed E-state index contributed by atoms with van der Waals surface area (Å²) in [4.78, 5) is 23.5. The topological polar surface area (TPSA) is 92.5 Å². The molecule has 7 heteroatoms. The number of phenolic OH excluding ortho intramolecular Hbond substituents is 1. The van der Waals surface area contributed by atoms with Gasteiger partial charge in [-0.25, -0.2) is 0 Å². The van der Waals surface area contributed by atoms with Crippen molar-refractivity contribution in [3.05, 3.63) is 105 Å². The van der Waals surface area contributed by atoms with Crippen LogP contribution in [-0.2, 0) is 0 Å². The van der Waals surface area contributed by atoms with Gasteiger partial charge >= 0.3 is 5.00 Å². The predicted molar refractivity (Wildman–Crippen MR) is 112 cm³/mol. The molecule has 0 radical (unpaired) electrons. The molecule has 0 aliphatic heterocycles. The minimum atomic E-state index is -0.629. The third-order valence-corrected chi connectivity index (χ3v) is 5.68. The van der Waals surface area contributed by atoms with Gasteiger partial charge in [0.2, 0.25) is 0 Å². The molecule has 4 rings (SSSR count). The number of benzene rings is 3. The maximum atomic E-state index is 12.9. The van der Waals surface area contributed by atoms with E-state index in [2.05, 4.69) is 5.32 Å². The molecule has 1 heterocycles. The average Bonchev–Trinajstić information content (AvgIpc) is 3.24. The molecule has 4 aromatic rings. The van der Waals surface area contributed by atoms with Gasteiger partial charge in [-0.15, -0.1) is 0 Å². The van der Waals surface area contributed by atoms with E-state index in [9.17, 15) is 20.0 Å². The fourth-order valence-electron chi connectivity index (χ4n) is 3.31. The molecular formula is C22H16N2O4S. The van der Waals surface area contributed by atoms with Crippen molar-refractivity contribution >= 4 is 33.0 Å². The number of nitro groups is 1. The number of hydrogen-bond donors (Lipinski definition) is 2. The second-order valence-electron chi connectivity index (χ2n) is 6.43. The van der Waals surface area contributed by atoms with Gasteiger partial charge in [0.1, 0.15) is 5.75 Å². The van der Waals surface area contributed by atoms with E-state index in [1.165, 1.54) is 12.1 Å². The Morgan fingerprint density at radius 3 is 2.41 bits per heavy atom. The molecule has 3 aromatic carbocycles. The molecule has 0 aliphatic rings.